The molecule has 2 aromatic rings. The number of benzene rings is 2. The smallest absolute Gasteiger partial charge is 0.416 e. The highest BCUT2D eigenvalue weighted by Gasteiger charge is 2.29. The minimum absolute atomic E-state index is 0.137. The van der Waals surface area contributed by atoms with Gasteiger partial charge in [-0.2, -0.15) is 13.2 Å². The van der Waals surface area contributed by atoms with Crippen LogP contribution in [0.25, 0.3) is 5.57 Å². The Balaban J connectivity index is 2.13. The Morgan fingerprint density at radius 1 is 1.11 bits per heavy atom. The van der Waals surface area contributed by atoms with Gasteiger partial charge in [-0.05, 0) is 42.3 Å². The second-order valence-corrected chi connectivity index (χ2v) is 5.87. The number of hydrogen-bond acceptors (Lipinski definition) is 3. The van der Waals surface area contributed by atoms with Crippen molar-refractivity contribution in [3.8, 4) is 5.75 Å². The van der Waals surface area contributed by atoms with Crippen LogP contribution in [-0.4, -0.2) is 26.2 Å². The molecular weight excluding hydrogens is 378 g/mol. The van der Waals surface area contributed by atoms with Crippen molar-refractivity contribution in [3.63, 3.8) is 0 Å². The molecule has 0 aliphatic rings. The molecule has 0 saturated carbocycles. The number of carbonyl (C=O) groups excluding carboxylic acids is 1. The number of allylic oxidation sites excluding steroid dienone is 1. The zero-order valence-electron chi connectivity index (χ0n) is 15.3. The Labute approximate surface area is 159 Å². The maximum Gasteiger partial charge on any atom is 0.416 e. The molecule has 0 unspecified atom stereocenters. The molecule has 0 aliphatic heterocycles. The zero-order chi connectivity index (χ0) is 20.7. The van der Waals surface area contributed by atoms with Crippen molar-refractivity contribution >= 4 is 17.2 Å². The summed E-state index contributed by atoms with van der Waals surface area (Å²) in [4.78, 5) is 12.2. The van der Waals surface area contributed by atoms with Gasteiger partial charge in [-0.1, -0.05) is 12.1 Å². The predicted molar refractivity (Wildman–Crippen MR) is 97.5 cm³/mol. The van der Waals surface area contributed by atoms with Crippen LogP contribution < -0.4 is 10.1 Å². The summed E-state index contributed by atoms with van der Waals surface area (Å²) in [5.74, 6) is -0.857. The van der Waals surface area contributed by atoms with Crippen LogP contribution in [0.15, 0.2) is 48.5 Å². The fourth-order valence-electron chi connectivity index (χ4n) is 2.33. The minimum Gasteiger partial charge on any atom is -0.489 e. The molecule has 0 spiro atoms. The first-order valence-electron chi connectivity index (χ1n) is 8.29. The van der Waals surface area contributed by atoms with Gasteiger partial charge in [0, 0.05) is 19.3 Å². The van der Waals surface area contributed by atoms with Gasteiger partial charge in [0.2, 0.25) is 5.91 Å². The van der Waals surface area contributed by atoms with E-state index >= 15 is 0 Å². The Kier molecular flexibility index (Phi) is 7.17. The van der Waals surface area contributed by atoms with Crippen LogP contribution in [-0.2, 0) is 15.7 Å². The number of nitrogens with one attached hydrogen (secondary N) is 1. The van der Waals surface area contributed by atoms with Crippen molar-refractivity contribution in [2.24, 2.45) is 0 Å². The minimum atomic E-state index is -4.43. The first-order valence-corrected chi connectivity index (χ1v) is 8.29. The molecular formula is C20H19F4NO3. The highest BCUT2D eigenvalue weighted by Crippen LogP contribution is 2.30. The number of ether oxygens (including phenoxy) is 2. The summed E-state index contributed by atoms with van der Waals surface area (Å²) in [5, 5.41) is 2.51. The molecule has 0 radical (unpaired) electrons. The van der Waals surface area contributed by atoms with Crippen molar-refractivity contribution in [2.45, 2.75) is 13.1 Å². The van der Waals surface area contributed by atoms with Crippen LogP contribution in [0.4, 0.5) is 23.2 Å². The molecule has 1 N–H and O–H groups in total. The number of rotatable bonds is 7. The lowest BCUT2D eigenvalue weighted by molar-refractivity contribution is -0.137. The van der Waals surface area contributed by atoms with Gasteiger partial charge in [-0.3, -0.25) is 4.79 Å². The molecule has 150 valence electrons. The van der Waals surface area contributed by atoms with Gasteiger partial charge in [-0.15, -0.1) is 0 Å². The standard InChI is InChI=1S/C20H19F4NO3/c1-13(14-3-5-15(6-4-14)20(22,23)24)11-19(26)25-17-12-16(21)7-8-18(17)28-10-9-27-2/h3-8,11-12H,9-10H2,1-2H3,(H,25,26)/b13-11-. The average Bonchev–Trinajstić information content (AvgIpc) is 2.63. The van der Waals surface area contributed by atoms with E-state index in [-0.39, 0.29) is 18.0 Å². The highest BCUT2D eigenvalue weighted by molar-refractivity contribution is 6.04. The molecule has 8 heteroatoms. The average molecular weight is 397 g/mol. The van der Waals surface area contributed by atoms with Crippen LogP contribution in [0.2, 0.25) is 0 Å². The van der Waals surface area contributed by atoms with E-state index in [1.54, 1.807) is 6.92 Å². The number of alkyl halides is 3. The number of hydrogen-bond donors (Lipinski definition) is 1. The van der Waals surface area contributed by atoms with Crippen LogP contribution in [0, 0.1) is 5.82 Å². The van der Waals surface area contributed by atoms with Crippen molar-refractivity contribution in [3.05, 3.63) is 65.5 Å². The van der Waals surface area contributed by atoms with E-state index in [1.165, 1.54) is 37.5 Å². The van der Waals surface area contributed by atoms with Crippen molar-refractivity contribution in [1.29, 1.82) is 0 Å². The van der Waals surface area contributed by atoms with Crippen LogP contribution in [0.3, 0.4) is 0 Å². The van der Waals surface area contributed by atoms with Gasteiger partial charge in [0.25, 0.3) is 0 Å². The number of methoxy groups -OCH3 is 1. The summed E-state index contributed by atoms with van der Waals surface area (Å²) in [6.07, 6.45) is -3.21. The van der Waals surface area contributed by atoms with E-state index < -0.39 is 23.5 Å². The van der Waals surface area contributed by atoms with Gasteiger partial charge < -0.3 is 14.8 Å². The molecule has 2 rings (SSSR count). The van der Waals surface area contributed by atoms with Gasteiger partial charge in [0.1, 0.15) is 18.2 Å². The van der Waals surface area contributed by atoms with Crippen LogP contribution >= 0.6 is 0 Å². The maximum absolute atomic E-state index is 13.5. The third kappa shape index (κ3) is 6.09. The predicted octanol–water partition coefficient (Wildman–Crippen LogP) is 4.91. The summed E-state index contributed by atoms with van der Waals surface area (Å²) in [7, 11) is 1.51. The molecule has 2 aromatic carbocycles. The van der Waals surface area contributed by atoms with Gasteiger partial charge in [0.05, 0.1) is 17.9 Å². The number of carbonyl (C=O) groups is 1. The quantitative estimate of drug-likeness (QED) is 0.410. The lowest BCUT2D eigenvalue weighted by Gasteiger charge is -2.12. The monoisotopic (exact) mass is 397 g/mol. The second kappa shape index (κ2) is 9.36. The fraction of sp³-hybridized carbons (Fsp3) is 0.250. The van der Waals surface area contributed by atoms with Crippen molar-refractivity contribution in [1.82, 2.24) is 0 Å². The largest absolute Gasteiger partial charge is 0.489 e. The lowest BCUT2D eigenvalue weighted by Crippen LogP contribution is -2.12. The van der Waals surface area contributed by atoms with Gasteiger partial charge >= 0.3 is 6.18 Å². The molecule has 0 aliphatic carbocycles. The molecule has 1 amide bonds. The van der Waals surface area contributed by atoms with E-state index in [2.05, 4.69) is 5.32 Å². The zero-order valence-corrected chi connectivity index (χ0v) is 15.3. The number of anilines is 1. The maximum atomic E-state index is 13.5. The Morgan fingerprint density at radius 3 is 2.39 bits per heavy atom. The summed E-state index contributed by atoms with van der Waals surface area (Å²) in [5.41, 5.74) is 0.270. The third-order valence-electron chi connectivity index (χ3n) is 3.76. The Bertz CT molecular complexity index is 846. The molecule has 0 fully saturated rings. The normalized spacial score (nSPS) is 12.0. The summed E-state index contributed by atoms with van der Waals surface area (Å²) < 4.78 is 61.7. The van der Waals surface area contributed by atoms with Crippen LogP contribution in [0.5, 0.6) is 5.75 Å². The fourth-order valence-corrected chi connectivity index (χ4v) is 2.33. The van der Waals surface area contributed by atoms with Gasteiger partial charge in [-0.25, -0.2) is 4.39 Å². The van der Waals surface area contributed by atoms with Crippen LogP contribution in [0.1, 0.15) is 18.1 Å². The Hall–Kier alpha value is -2.87. The van der Waals surface area contributed by atoms with Crippen molar-refractivity contribution in [2.75, 3.05) is 25.6 Å². The SMILES string of the molecule is COCCOc1ccc(F)cc1NC(=O)/C=C(/C)c1ccc(C(F)(F)F)cc1. The number of amides is 1. The molecule has 0 atom stereocenters. The van der Waals surface area contributed by atoms with E-state index in [9.17, 15) is 22.4 Å². The van der Waals surface area contributed by atoms with Crippen molar-refractivity contribution < 1.29 is 31.8 Å². The van der Waals surface area contributed by atoms with E-state index in [0.717, 1.165) is 18.2 Å². The molecule has 0 bridgehead atoms. The highest BCUT2D eigenvalue weighted by atomic mass is 19.4. The molecule has 0 heterocycles. The van der Waals surface area contributed by atoms with E-state index in [0.29, 0.717) is 17.7 Å². The first-order chi connectivity index (χ1) is 13.2. The molecule has 4 nitrogen and oxygen atoms in total. The number of halogens is 4. The summed E-state index contributed by atoms with van der Waals surface area (Å²) in [6, 6.07) is 8.14. The first kappa shape index (κ1) is 21.4. The van der Waals surface area contributed by atoms with Gasteiger partial charge in [0.15, 0.2) is 0 Å². The third-order valence-corrected chi connectivity index (χ3v) is 3.76. The van der Waals surface area contributed by atoms with E-state index in [1.807, 2.05) is 0 Å². The molecule has 28 heavy (non-hydrogen) atoms. The summed E-state index contributed by atoms with van der Waals surface area (Å²) in [6.45, 7) is 2.12. The Morgan fingerprint density at radius 2 is 1.79 bits per heavy atom. The molecule has 0 saturated heterocycles. The second-order valence-electron chi connectivity index (χ2n) is 5.87. The summed E-state index contributed by atoms with van der Waals surface area (Å²) >= 11 is 0. The molecule has 0 aromatic heterocycles. The lowest BCUT2D eigenvalue weighted by atomic mass is 10.0. The van der Waals surface area contributed by atoms with E-state index in [4.69, 9.17) is 9.47 Å². The topological polar surface area (TPSA) is 47.6 Å².